The fourth-order valence-corrected chi connectivity index (χ4v) is 5.00. The molecular formula is C18H28N2O2. The number of aliphatic imine (C=N–C) groups is 2. The van der Waals surface area contributed by atoms with Crippen molar-refractivity contribution in [3.63, 3.8) is 0 Å². The van der Waals surface area contributed by atoms with E-state index in [9.17, 15) is 9.59 Å². The zero-order chi connectivity index (χ0) is 16.4. The zero-order valence-corrected chi connectivity index (χ0v) is 14.3. The second-order valence-electron chi connectivity index (χ2n) is 8.52. The van der Waals surface area contributed by atoms with E-state index in [4.69, 9.17) is 0 Å². The van der Waals surface area contributed by atoms with Crippen molar-refractivity contribution in [3.05, 3.63) is 0 Å². The molecule has 0 N–H and O–H groups in total. The van der Waals surface area contributed by atoms with Gasteiger partial charge >= 0.3 is 0 Å². The number of hydrogen-bond donors (Lipinski definition) is 0. The van der Waals surface area contributed by atoms with E-state index in [-0.39, 0.29) is 22.9 Å². The molecule has 0 aromatic rings. The molecule has 0 spiro atoms. The van der Waals surface area contributed by atoms with Crippen molar-refractivity contribution in [2.24, 2.45) is 32.7 Å². The van der Waals surface area contributed by atoms with Gasteiger partial charge in [-0.2, -0.15) is 0 Å². The van der Waals surface area contributed by atoms with Crippen LogP contribution in [0.4, 0.5) is 0 Å². The Morgan fingerprint density at radius 3 is 2.05 bits per heavy atom. The minimum atomic E-state index is 0.0637. The molecule has 22 heavy (non-hydrogen) atoms. The first-order valence-electron chi connectivity index (χ1n) is 8.44. The van der Waals surface area contributed by atoms with Gasteiger partial charge < -0.3 is 0 Å². The summed E-state index contributed by atoms with van der Waals surface area (Å²) in [6, 6.07) is 0.258. The van der Waals surface area contributed by atoms with Crippen LogP contribution in [0, 0.1) is 22.7 Å². The molecule has 0 aromatic carbocycles. The van der Waals surface area contributed by atoms with Crippen molar-refractivity contribution in [3.8, 4) is 0 Å². The Morgan fingerprint density at radius 1 is 0.818 bits per heavy atom. The monoisotopic (exact) mass is 304 g/mol. The van der Waals surface area contributed by atoms with Crippen LogP contribution in [0.15, 0.2) is 9.98 Å². The van der Waals surface area contributed by atoms with Crippen molar-refractivity contribution in [1.29, 1.82) is 0 Å². The molecule has 0 heterocycles. The smallest absolute Gasteiger partial charge is 0.211 e. The quantitative estimate of drug-likeness (QED) is 0.583. The van der Waals surface area contributed by atoms with Gasteiger partial charge in [0.25, 0.3) is 0 Å². The number of hydrogen-bond acceptors (Lipinski definition) is 4. The van der Waals surface area contributed by atoms with Crippen LogP contribution in [-0.2, 0) is 9.59 Å². The summed E-state index contributed by atoms with van der Waals surface area (Å²) in [5, 5.41) is 0. The van der Waals surface area contributed by atoms with Crippen molar-refractivity contribution in [2.75, 3.05) is 0 Å². The molecule has 0 amide bonds. The van der Waals surface area contributed by atoms with Crippen molar-refractivity contribution in [1.82, 2.24) is 0 Å². The molecule has 0 bridgehead atoms. The molecule has 0 saturated heterocycles. The van der Waals surface area contributed by atoms with E-state index < -0.39 is 0 Å². The Bertz CT molecular complexity index is 499. The summed E-state index contributed by atoms with van der Waals surface area (Å²) in [6.45, 7) is 9.07. The highest BCUT2D eigenvalue weighted by molar-refractivity contribution is 5.34. The molecule has 4 heteroatoms. The fourth-order valence-electron chi connectivity index (χ4n) is 5.00. The molecule has 2 rings (SSSR count). The van der Waals surface area contributed by atoms with Gasteiger partial charge in [0.2, 0.25) is 12.2 Å². The predicted octanol–water partition coefficient (Wildman–Crippen LogP) is 4.05. The first kappa shape index (κ1) is 17.1. The van der Waals surface area contributed by atoms with Gasteiger partial charge in [-0.1, -0.05) is 27.7 Å². The van der Waals surface area contributed by atoms with Gasteiger partial charge in [-0.25, -0.2) is 19.6 Å². The van der Waals surface area contributed by atoms with Crippen molar-refractivity contribution in [2.45, 2.75) is 78.3 Å². The van der Waals surface area contributed by atoms with E-state index >= 15 is 0 Å². The Labute approximate surface area is 133 Å². The molecule has 0 radical (unpaired) electrons. The first-order valence-corrected chi connectivity index (χ1v) is 8.44. The standard InChI is InChI=1S/C18H28N2O2/c1-17(2)10-14(19-11-21)6-7-15(17)13-5-8-16(20-12-22)18(3,4)9-13/h13-16H,5-10H2,1-4H3. The predicted molar refractivity (Wildman–Crippen MR) is 86.1 cm³/mol. The van der Waals surface area contributed by atoms with Crippen LogP contribution in [0.1, 0.15) is 66.2 Å². The number of nitrogens with zero attached hydrogens (tertiary/aromatic N) is 2. The Kier molecular flexibility index (Phi) is 5.04. The lowest BCUT2D eigenvalue weighted by molar-refractivity contribution is 0.0175. The van der Waals surface area contributed by atoms with Crippen molar-refractivity contribution < 1.29 is 9.59 Å². The van der Waals surface area contributed by atoms with Crippen LogP contribution in [0.5, 0.6) is 0 Å². The third-order valence-electron chi connectivity index (χ3n) is 6.09. The van der Waals surface area contributed by atoms with E-state index in [2.05, 4.69) is 37.7 Å². The van der Waals surface area contributed by atoms with Gasteiger partial charge in [-0.05, 0) is 61.2 Å². The maximum atomic E-state index is 10.6. The van der Waals surface area contributed by atoms with Gasteiger partial charge in [0.15, 0.2) is 0 Å². The second-order valence-corrected chi connectivity index (χ2v) is 8.52. The summed E-state index contributed by atoms with van der Waals surface area (Å²) in [4.78, 5) is 29.1. The van der Waals surface area contributed by atoms with Crippen LogP contribution in [-0.4, -0.2) is 24.2 Å². The summed E-state index contributed by atoms with van der Waals surface area (Å²) >= 11 is 0. The van der Waals surface area contributed by atoms with Gasteiger partial charge in [-0.3, -0.25) is 0 Å². The summed E-state index contributed by atoms with van der Waals surface area (Å²) in [7, 11) is 0. The largest absolute Gasteiger partial charge is 0.235 e. The van der Waals surface area contributed by atoms with Gasteiger partial charge in [0.1, 0.15) is 0 Å². The average Bonchev–Trinajstić information content (AvgIpc) is 2.40. The number of carbonyl (C=O) groups excluding carboxylic acids is 2. The van der Waals surface area contributed by atoms with Crippen LogP contribution in [0.25, 0.3) is 0 Å². The molecule has 122 valence electrons. The number of rotatable bonds is 3. The Morgan fingerprint density at radius 2 is 1.50 bits per heavy atom. The van der Waals surface area contributed by atoms with E-state index in [1.807, 2.05) is 0 Å². The zero-order valence-electron chi connectivity index (χ0n) is 14.3. The number of isocyanates is 2. The maximum Gasteiger partial charge on any atom is 0.235 e. The minimum Gasteiger partial charge on any atom is -0.211 e. The summed E-state index contributed by atoms with van der Waals surface area (Å²) in [5.41, 5.74) is 0.263. The van der Waals surface area contributed by atoms with E-state index in [0.717, 1.165) is 38.5 Å². The maximum absolute atomic E-state index is 10.6. The molecule has 2 fully saturated rings. The molecule has 2 aliphatic carbocycles. The molecular weight excluding hydrogens is 276 g/mol. The molecule has 0 aliphatic heterocycles. The van der Waals surface area contributed by atoms with Crippen molar-refractivity contribution >= 4 is 12.2 Å². The molecule has 4 unspecified atom stereocenters. The average molecular weight is 304 g/mol. The van der Waals surface area contributed by atoms with Gasteiger partial charge in [-0.15, -0.1) is 0 Å². The highest BCUT2D eigenvalue weighted by Crippen LogP contribution is 2.52. The lowest BCUT2D eigenvalue weighted by Gasteiger charge is -2.50. The molecule has 2 aliphatic rings. The molecule has 4 nitrogen and oxygen atoms in total. The van der Waals surface area contributed by atoms with E-state index in [1.165, 1.54) is 0 Å². The Hall–Kier alpha value is -1.24. The fraction of sp³-hybridized carbons (Fsp3) is 0.889. The van der Waals surface area contributed by atoms with Gasteiger partial charge in [0, 0.05) is 0 Å². The van der Waals surface area contributed by atoms with Crippen LogP contribution in [0.2, 0.25) is 0 Å². The third-order valence-corrected chi connectivity index (χ3v) is 6.09. The summed E-state index contributed by atoms with van der Waals surface area (Å²) in [6.07, 6.45) is 9.80. The first-order chi connectivity index (χ1) is 10.3. The Balaban J connectivity index is 2.09. The molecule has 2 saturated carbocycles. The van der Waals surface area contributed by atoms with Crippen LogP contribution < -0.4 is 0 Å². The summed E-state index contributed by atoms with van der Waals surface area (Å²) < 4.78 is 0. The highest BCUT2D eigenvalue weighted by Gasteiger charge is 2.46. The summed E-state index contributed by atoms with van der Waals surface area (Å²) in [5.74, 6) is 1.33. The van der Waals surface area contributed by atoms with Crippen LogP contribution >= 0.6 is 0 Å². The minimum absolute atomic E-state index is 0.0637. The van der Waals surface area contributed by atoms with Gasteiger partial charge in [0.05, 0.1) is 12.1 Å². The van der Waals surface area contributed by atoms with E-state index in [0.29, 0.717) is 11.8 Å². The third kappa shape index (κ3) is 3.56. The SMILES string of the molecule is CC1(C)CC(C2CCC(N=C=O)CC2(C)C)CCC1N=C=O. The lowest BCUT2D eigenvalue weighted by atomic mass is 9.56. The van der Waals surface area contributed by atoms with Crippen LogP contribution in [0.3, 0.4) is 0 Å². The highest BCUT2D eigenvalue weighted by atomic mass is 16.1. The molecule has 0 aromatic heterocycles. The topological polar surface area (TPSA) is 58.9 Å². The second kappa shape index (κ2) is 6.48. The normalized spacial score (nSPS) is 36.7. The molecule has 4 atom stereocenters. The van der Waals surface area contributed by atoms with E-state index in [1.54, 1.807) is 12.2 Å². The lowest BCUT2D eigenvalue weighted by Crippen LogP contribution is -2.44.